The second-order valence-corrected chi connectivity index (χ2v) is 8.31. The molecule has 0 bridgehead atoms. The van der Waals surface area contributed by atoms with E-state index >= 15 is 0 Å². The van der Waals surface area contributed by atoms with Gasteiger partial charge < -0.3 is 4.74 Å². The van der Waals surface area contributed by atoms with Crippen LogP contribution >= 0.6 is 0 Å². The molecule has 0 spiro atoms. The molecule has 1 saturated carbocycles. The van der Waals surface area contributed by atoms with Crippen molar-refractivity contribution >= 4 is 17.2 Å². The summed E-state index contributed by atoms with van der Waals surface area (Å²) < 4.78 is 47.1. The van der Waals surface area contributed by atoms with Crippen LogP contribution in [0.3, 0.4) is 0 Å². The van der Waals surface area contributed by atoms with E-state index in [0.717, 1.165) is 25.7 Å². The van der Waals surface area contributed by atoms with Crippen molar-refractivity contribution in [1.29, 1.82) is 0 Å². The number of rotatable bonds is 3. The molecule has 3 rings (SSSR count). The monoisotopic (exact) mass is 379 g/mol. The van der Waals surface area contributed by atoms with Crippen molar-refractivity contribution in [2.24, 2.45) is 11.3 Å². The van der Waals surface area contributed by atoms with E-state index in [2.05, 4.69) is 25.8 Å². The number of alkyl halides is 3. The fraction of sp³-hybridized carbons (Fsp3) is 0.524. The third-order valence-electron chi connectivity index (χ3n) is 5.45. The molecule has 1 heterocycles. The van der Waals surface area contributed by atoms with E-state index in [0.29, 0.717) is 12.2 Å². The number of nitrogens with zero attached hydrogens (tertiary/aromatic N) is 1. The maximum absolute atomic E-state index is 13.8. The number of carbonyl (C=O) groups is 1. The Balaban J connectivity index is 1.90. The average Bonchev–Trinajstić information content (AvgIpc) is 2.59. The SMILES string of the molecule is CC(C)(C)[C@H]1CC[C@H](Oc2ccc3nc(C=O)ccc3c2C(F)(F)F)CC1. The van der Waals surface area contributed by atoms with Gasteiger partial charge in [0.2, 0.25) is 0 Å². The van der Waals surface area contributed by atoms with Crippen molar-refractivity contribution in [3.63, 3.8) is 0 Å². The van der Waals surface area contributed by atoms with Crippen molar-refractivity contribution in [1.82, 2.24) is 4.98 Å². The van der Waals surface area contributed by atoms with Gasteiger partial charge in [0.15, 0.2) is 6.29 Å². The van der Waals surface area contributed by atoms with Gasteiger partial charge in [-0.25, -0.2) is 4.98 Å². The molecule has 27 heavy (non-hydrogen) atoms. The summed E-state index contributed by atoms with van der Waals surface area (Å²) >= 11 is 0. The molecule has 2 aromatic rings. The van der Waals surface area contributed by atoms with Crippen molar-refractivity contribution < 1.29 is 22.7 Å². The Morgan fingerprint density at radius 2 is 1.70 bits per heavy atom. The lowest BCUT2D eigenvalue weighted by Crippen LogP contribution is -2.31. The number of ether oxygens (including phenoxy) is 1. The second-order valence-electron chi connectivity index (χ2n) is 8.31. The summed E-state index contributed by atoms with van der Waals surface area (Å²) in [4.78, 5) is 14.8. The fourth-order valence-electron chi connectivity index (χ4n) is 3.88. The summed E-state index contributed by atoms with van der Waals surface area (Å²) in [5.41, 5.74) is -0.379. The van der Waals surface area contributed by atoms with E-state index in [-0.39, 0.29) is 33.9 Å². The number of hydrogen-bond acceptors (Lipinski definition) is 3. The van der Waals surface area contributed by atoms with Gasteiger partial charge in [-0.15, -0.1) is 0 Å². The predicted molar refractivity (Wildman–Crippen MR) is 98.0 cm³/mol. The molecule has 0 radical (unpaired) electrons. The molecule has 1 aromatic carbocycles. The van der Waals surface area contributed by atoms with Crippen LogP contribution in [0.4, 0.5) is 13.2 Å². The van der Waals surface area contributed by atoms with Crippen LogP contribution in [0, 0.1) is 11.3 Å². The number of fused-ring (bicyclic) bond motifs is 1. The maximum Gasteiger partial charge on any atom is 0.420 e. The van der Waals surface area contributed by atoms with Gasteiger partial charge in [-0.05, 0) is 61.3 Å². The molecule has 1 fully saturated rings. The van der Waals surface area contributed by atoms with Crippen LogP contribution in [0.1, 0.15) is 62.5 Å². The molecule has 1 aromatic heterocycles. The molecular formula is C21H24F3NO2. The fourth-order valence-corrected chi connectivity index (χ4v) is 3.88. The van der Waals surface area contributed by atoms with E-state index < -0.39 is 11.7 Å². The summed E-state index contributed by atoms with van der Waals surface area (Å²) in [5, 5.41) is -0.0472. The standard InChI is InChI=1S/C21H24F3NO2/c1-20(2,3)13-4-7-15(8-5-13)27-18-11-10-17-16(19(18)21(22,23)24)9-6-14(12-26)25-17/h6,9-13,15H,4-5,7-8H2,1-3H3/t13-,15-. The zero-order valence-corrected chi connectivity index (χ0v) is 15.8. The van der Waals surface area contributed by atoms with E-state index in [1.807, 2.05) is 0 Å². The van der Waals surface area contributed by atoms with E-state index in [4.69, 9.17) is 4.74 Å². The van der Waals surface area contributed by atoms with Crippen LogP contribution in [-0.2, 0) is 6.18 Å². The Morgan fingerprint density at radius 3 is 2.26 bits per heavy atom. The summed E-state index contributed by atoms with van der Waals surface area (Å²) in [7, 11) is 0. The second kappa shape index (κ2) is 7.13. The van der Waals surface area contributed by atoms with Crippen LogP contribution in [0.15, 0.2) is 24.3 Å². The molecule has 146 valence electrons. The third-order valence-corrected chi connectivity index (χ3v) is 5.45. The molecule has 3 nitrogen and oxygen atoms in total. The van der Waals surface area contributed by atoms with Gasteiger partial charge in [0, 0.05) is 5.39 Å². The molecule has 1 aliphatic rings. The zero-order chi connectivity index (χ0) is 19.8. The van der Waals surface area contributed by atoms with E-state index in [1.54, 1.807) is 0 Å². The first kappa shape index (κ1) is 19.6. The van der Waals surface area contributed by atoms with Crippen molar-refractivity contribution in [2.45, 2.75) is 58.7 Å². The van der Waals surface area contributed by atoms with Crippen LogP contribution < -0.4 is 4.74 Å². The smallest absolute Gasteiger partial charge is 0.420 e. The van der Waals surface area contributed by atoms with Gasteiger partial charge in [-0.1, -0.05) is 20.8 Å². The lowest BCUT2D eigenvalue weighted by molar-refractivity contribution is -0.138. The van der Waals surface area contributed by atoms with Crippen LogP contribution in [0.25, 0.3) is 10.9 Å². The van der Waals surface area contributed by atoms with Gasteiger partial charge in [0.1, 0.15) is 17.0 Å². The van der Waals surface area contributed by atoms with Gasteiger partial charge in [-0.2, -0.15) is 13.2 Å². The van der Waals surface area contributed by atoms with Crippen molar-refractivity contribution in [2.75, 3.05) is 0 Å². The first-order valence-corrected chi connectivity index (χ1v) is 9.22. The van der Waals surface area contributed by atoms with Gasteiger partial charge in [0.05, 0.1) is 11.6 Å². The maximum atomic E-state index is 13.8. The largest absolute Gasteiger partial charge is 0.490 e. The third kappa shape index (κ3) is 4.25. The number of hydrogen-bond donors (Lipinski definition) is 0. The highest BCUT2D eigenvalue weighted by Crippen LogP contribution is 2.43. The number of benzene rings is 1. The summed E-state index contributed by atoms with van der Waals surface area (Å²) in [6.07, 6.45) is -0.865. The average molecular weight is 379 g/mol. The van der Waals surface area contributed by atoms with Crippen LogP contribution in [0.2, 0.25) is 0 Å². The Labute approximate surface area is 156 Å². The molecule has 6 heteroatoms. The molecule has 0 atom stereocenters. The van der Waals surface area contributed by atoms with Gasteiger partial charge in [0.25, 0.3) is 0 Å². The van der Waals surface area contributed by atoms with Crippen molar-refractivity contribution in [3.8, 4) is 5.75 Å². The Morgan fingerprint density at radius 1 is 1.04 bits per heavy atom. The Hall–Kier alpha value is -2.11. The normalized spacial score (nSPS) is 21.3. The molecule has 0 unspecified atom stereocenters. The molecule has 0 amide bonds. The number of halogens is 3. The van der Waals surface area contributed by atoms with E-state index in [9.17, 15) is 18.0 Å². The van der Waals surface area contributed by atoms with Gasteiger partial charge in [-0.3, -0.25) is 4.79 Å². The molecule has 0 aliphatic heterocycles. The summed E-state index contributed by atoms with van der Waals surface area (Å²) in [5.74, 6) is 0.400. The first-order valence-electron chi connectivity index (χ1n) is 9.22. The van der Waals surface area contributed by atoms with Gasteiger partial charge >= 0.3 is 6.18 Å². The minimum Gasteiger partial charge on any atom is -0.490 e. The molecule has 0 saturated heterocycles. The highest BCUT2D eigenvalue weighted by atomic mass is 19.4. The Kier molecular flexibility index (Phi) is 5.19. The lowest BCUT2D eigenvalue weighted by Gasteiger charge is -2.37. The lowest BCUT2D eigenvalue weighted by atomic mass is 9.72. The number of pyridine rings is 1. The zero-order valence-electron chi connectivity index (χ0n) is 15.8. The highest BCUT2D eigenvalue weighted by molar-refractivity contribution is 5.88. The van der Waals surface area contributed by atoms with Crippen LogP contribution in [-0.4, -0.2) is 17.4 Å². The van der Waals surface area contributed by atoms with E-state index in [1.165, 1.54) is 24.3 Å². The number of carbonyl (C=O) groups excluding carboxylic acids is 1. The highest BCUT2D eigenvalue weighted by Gasteiger charge is 2.38. The van der Waals surface area contributed by atoms with Crippen molar-refractivity contribution in [3.05, 3.63) is 35.5 Å². The molecular weight excluding hydrogens is 355 g/mol. The summed E-state index contributed by atoms with van der Waals surface area (Å²) in [6.45, 7) is 6.60. The minimum absolute atomic E-state index is 0.0472. The minimum atomic E-state index is -4.57. The molecule has 0 N–H and O–H groups in total. The predicted octanol–water partition coefficient (Wildman–Crippen LogP) is 6.05. The van der Waals surface area contributed by atoms with Crippen LogP contribution in [0.5, 0.6) is 5.75 Å². The summed E-state index contributed by atoms with van der Waals surface area (Å²) in [6, 6.07) is 5.39. The Bertz CT molecular complexity index is 832. The topological polar surface area (TPSA) is 39.2 Å². The molecule has 1 aliphatic carbocycles. The quantitative estimate of drug-likeness (QED) is 0.610. The first-order chi connectivity index (χ1) is 12.6. The number of aromatic nitrogens is 1. The number of aldehydes is 1.